The van der Waals surface area contributed by atoms with Crippen molar-refractivity contribution in [1.29, 1.82) is 0 Å². The molecular weight excluding hydrogens is 446 g/mol. The topological polar surface area (TPSA) is 98.6 Å². The van der Waals surface area contributed by atoms with Gasteiger partial charge in [0.15, 0.2) is 13.2 Å². The van der Waals surface area contributed by atoms with Crippen molar-refractivity contribution in [1.82, 2.24) is 4.98 Å². The minimum absolute atomic E-state index is 0.322. The standard InChI is InChI=1S/C28H21NO6/c1-17-13-25(31)35-24-14-19(11-12-20(17)24)33-16-26(32)34-15-23(30)27-21-9-5-6-10-22(21)29-28(27)18-7-3-2-4-8-18/h2-14,29H,15-16H2,1H3. The number of ether oxygens (including phenoxy) is 2. The van der Waals surface area contributed by atoms with Gasteiger partial charge in [-0.2, -0.15) is 0 Å². The molecule has 7 nitrogen and oxygen atoms in total. The van der Waals surface area contributed by atoms with E-state index in [2.05, 4.69) is 4.98 Å². The van der Waals surface area contributed by atoms with Crippen molar-refractivity contribution >= 4 is 33.6 Å². The van der Waals surface area contributed by atoms with Crippen LogP contribution in [-0.4, -0.2) is 30.0 Å². The van der Waals surface area contributed by atoms with Crippen molar-refractivity contribution < 1.29 is 23.5 Å². The molecule has 1 N–H and O–H groups in total. The first-order valence-electron chi connectivity index (χ1n) is 11.0. The van der Waals surface area contributed by atoms with Gasteiger partial charge in [0.2, 0.25) is 5.78 Å². The zero-order valence-electron chi connectivity index (χ0n) is 18.9. The molecule has 174 valence electrons. The Balaban J connectivity index is 1.28. The second kappa shape index (κ2) is 9.30. The summed E-state index contributed by atoms with van der Waals surface area (Å²) in [7, 11) is 0. The predicted octanol–water partition coefficient (Wildman–Crippen LogP) is 5.05. The number of aryl methyl sites for hydroxylation is 1. The van der Waals surface area contributed by atoms with Crippen LogP contribution in [0.5, 0.6) is 5.75 Å². The van der Waals surface area contributed by atoms with Gasteiger partial charge in [0.1, 0.15) is 11.3 Å². The number of esters is 1. The van der Waals surface area contributed by atoms with Gasteiger partial charge in [0.05, 0.1) is 11.3 Å². The highest BCUT2D eigenvalue weighted by Crippen LogP contribution is 2.30. The molecule has 35 heavy (non-hydrogen) atoms. The number of Topliss-reactive ketones (excluding diaryl/α,β-unsaturated/α-hetero) is 1. The lowest BCUT2D eigenvalue weighted by Gasteiger charge is -2.09. The summed E-state index contributed by atoms with van der Waals surface area (Å²) in [6, 6.07) is 23.4. The van der Waals surface area contributed by atoms with Crippen LogP contribution in [-0.2, 0) is 9.53 Å². The molecule has 0 aliphatic heterocycles. The van der Waals surface area contributed by atoms with E-state index < -0.39 is 24.8 Å². The number of carbonyl (C=O) groups is 2. The molecular formula is C28H21NO6. The number of hydrogen-bond acceptors (Lipinski definition) is 6. The van der Waals surface area contributed by atoms with Crippen LogP contribution in [0.3, 0.4) is 0 Å². The molecule has 2 aromatic heterocycles. The average Bonchev–Trinajstić information content (AvgIpc) is 3.26. The van der Waals surface area contributed by atoms with E-state index in [-0.39, 0.29) is 5.78 Å². The molecule has 5 aromatic rings. The average molecular weight is 467 g/mol. The van der Waals surface area contributed by atoms with Crippen molar-refractivity contribution in [3.05, 3.63) is 100 Å². The number of nitrogens with one attached hydrogen (secondary N) is 1. The highest BCUT2D eigenvalue weighted by Gasteiger charge is 2.21. The largest absolute Gasteiger partial charge is 0.482 e. The zero-order valence-corrected chi connectivity index (χ0v) is 18.9. The van der Waals surface area contributed by atoms with Crippen molar-refractivity contribution in [2.45, 2.75) is 6.92 Å². The number of carbonyl (C=O) groups excluding carboxylic acids is 2. The van der Waals surface area contributed by atoms with E-state index in [0.717, 1.165) is 27.4 Å². The van der Waals surface area contributed by atoms with E-state index in [0.29, 0.717) is 22.6 Å². The van der Waals surface area contributed by atoms with Crippen molar-refractivity contribution in [2.24, 2.45) is 0 Å². The Bertz CT molecular complexity index is 1610. The number of ketones is 1. The molecule has 0 amide bonds. The maximum Gasteiger partial charge on any atom is 0.344 e. The fourth-order valence-electron chi connectivity index (χ4n) is 4.05. The predicted molar refractivity (Wildman–Crippen MR) is 132 cm³/mol. The number of fused-ring (bicyclic) bond motifs is 2. The highest BCUT2D eigenvalue weighted by atomic mass is 16.6. The first-order valence-corrected chi connectivity index (χ1v) is 11.0. The van der Waals surface area contributed by atoms with Gasteiger partial charge in [-0.1, -0.05) is 48.5 Å². The van der Waals surface area contributed by atoms with E-state index in [9.17, 15) is 14.4 Å². The van der Waals surface area contributed by atoms with Gasteiger partial charge < -0.3 is 18.9 Å². The second-order valence-corrected chi connectivity index (χ2v) is 8.07. The summed E-state index contributed by atoms with van der Waals surface area (Å²) in [5.41, 5.74) is 3.52. The van der Waals surface area contributed by atoms with Gasteiger partial charge in [-0.3, -0.25) is 4.79 Å². The van der Waals surface area contributed by atoms with Crippen LogP contribution >= 0.6 is 0 Å². The van der Waals surface area contributed by atoms with Crippen molar-refractivity contribution in [2.75, 3.05) is 13.2 Å². The molecule has 3 aromatic carbocycles. The van der Waals surface area contributed by atoms with Crippen LogP contribution in [0.25, 0.3) is 33.1 Å². The third-order valence-electron chi connectivity index (χ3n) is 5.69. The van der Waals surface area contributed by atoms with Crippen LogP contribution in [0.15, 0.2) is 88.1 Å². The number of benzene rings is 3. The number of para-hydroxylation sites is 1. The number of aromatic amines is 1. The third kappa shape index (κ3) is 4.56. The summed E-state index contributed by atoms with van der Waals surface area (Å²) in [6.07, 6.45) is 0. The smallest absolute Gasteiger partial charge is 0.344 e. The molecule has 2 heterocycles. The molecule has 0 unspecified atom stereocenters. The lowest BCUT2D eigenvalue weighted by atomic mass is 10.0. The highest BCUT2D eigenvalue weighted by molar-refractivity contribution is 6.14. The number of hydrogen-bond donors (Lipinski definition) is 1. The molecule has 0 aliphatic carbocycles. The Morgan fingerprint density at radius 1 is 0.886 bits per heavy atom. The molecule has 0 radical (unpaired) electrons. The van der Waals surface area contributed by atoms with Crippen LogP contribution in [0.1, 0.15) is 15.9 Å². The molecule has 7 heteroatoms. The summed E-state index contributed by atoms with van der Waals surface area (Å²) < 4.78 is 15.9. The molecule has 0 saturated heterocycles. The van der Waals surface area contributed by atoms with E-state index in [1.54, 1.807) is 18.2 Å². The van der Waals surface area contributed by atoms with Gasteiger partial charge in [-0.25, -0.2) is 9.59 Å². The Kier molecular flexibility index (Phi) is 5.89. The monoisotopic (exact) mass is 467 g/mol. The molecule has 0 aliphatic rings. The van der Waals surface area contributed by atoms with Crippen LogP contribution in [0.2, 0.25) is 0 Å². The van der Waals surface area contributed by atoms with Gasteiger partial charge in [0, 0.05) is 28.4 Å². The van der Waals surface area contributed by atoms with Gasteiger partial charge >= 0.3 is 11.6 Å². The van der Waals surface area contributed by atoms with Gasteiger partial charge in [-0.05, 0) is 36.2 Å². The summed E-state index contributed by atoms with van der Waals surface area (Å²) in [4.78, 5) is 40.3. The minimum Gasteiger partial charge on any atom is -0.482 e. The van der Waals surface area contributed by atoms with E-state index in [1.807, 2.05) is 61.5 Å². The van der Waals surface area contributed by atoms with E-state index in [4.69, 9.17) is 13.9 Å². The third-order valence-corrected chi connectivity index (χ3v) is 5.69. The molecule has 5 rings (SSSR count). The molecule has 0 saturated carbocycles. The van der Waals surface area contributed by atoms with Gasteiger partial charge in [0.25, 0.3) is 0 Å². The lowest BCUT2D eigenvalue weighted by molar-refractivity contribution is -0.144. The van der Waals surface area contributed by atoms with Crippen LogP contribution < -0.4 is 10.4 Å². The second-order valence-electron chi connectivity index (χ2n) is 8.07. The quantitative estimate of drug-likeness (QED) is 0.204. The summed E-state index contributed by atoms with van der Waals surface area (Å²) in [5.74, 6) is -0.666. The first-order chi connectivity index (χ1) is 17.0. The SMILES string of the molecule is Cc1cc(=O)oc2cc(OCC(=O)OCC(=O)c3c(-c4ccccc4)[nH]c4ccccc34)ccc12. The molecule has 0 atom stereocenters. The van der Waals surface area contributed by atoms with E-state index in [1.165, 1.54) is 6.07 Å². The fourth-order valence-corrected chi connectivity index (χ4v) is 4.05. The number of aromatic nitrogens is 1. The Labute approximate surface area is 199 Å². The maximum absolute atomic E-state index is 13.1. The summed E-state index contributed by atoms with van der Waals surface area (Å²) in [6.45, 7) is 0.995. The minimum atomic E-state index is -0.690. The van der Waals surface area contributed by atoms with Gasteiger partial charge in [-0.15, -0.1) is 0 Å². The summed E-state index contributed by atoms with van der Waals surface area (Å²) >= 11 is 0. The summed E-state index contributed by atoms with van der Waals surface area (Å²) in [5, 5.41) is 1.54. The first kappa shape index (κ1) is 22.2. The maximum atomic E-state index is 13.1. The fraction of sp³-hybridized carbons (Fsp3) is 0.107. The number of H-pyrrole nitrogens is 1. The van der Waals surface area contributed by atoms with E-state index >= 15 is 0 Å². The van der Waals surface area contributed by atoms with Crippen molar-refractivity contribution in [3.63, 3.8) is 0 Å². The normalized spacial score (nSPS) is 11.0. The Morgan fingerprint density at radius 2 is 1.66 bits per heavy atom. The Hall–Kier alpha value is -4.65. The molecule has 0 spiro atoms. The number of rotatable bonds is 7. The zero-order chi connectivity index (χ0) is 24.4. The Morgan fingerprint density at radius 3 is 2.49 bits per heavy atom. The molecule has 0 bridgehead atoms. The molecule has 0 fully saturated rings. The lowest BCUT2D eigenvalue weighted by Crippen LogP contribution is -2.19. The van der Waals surface area contributed by atoms with Crippen molar-refractivity contribution in [3.8, 4) is 17.0 Å². The van der Waals surface area contributed by atoms with Crippen LogP contribution in [0.4, 0.5) is 0 Å². The van der Waals surface area contributed by atoms with Crippen LogP contribution in [0, 0.1) is 6.92 Å².